The first kappa shape index (κ1) is 13.2. The van der Waals surface area contributed by atoms with Crippen LogP contribution in [0.15, 0.2) is 0 Å². The zero-order valence-corrected chi connectivity index (χ0v) is 11.4. The molecule has 0 fully saturated rings. The summed E-state index contributed by atoms with van der Waals surface area (Å²) < 4.78 is 5.61. The van der Waals surface area contributed by atoms with E-state index in [-0.39, 0.29) is 0 Å². The van der Waals surface area contributed by atoms with Crippen molar-refractivity contribution in [1.82, 2.24) is 0 Å². The van der Waals surface area contributed by atoms with Gasteiger partial charge in [-0.05, 0) is 24.9 Å². The van der Waals surface area contributed by atoms with Gasteiger partial charge in [0.2, 0.25) is 0 Å². The molecule has 0 heterocycles. The first-order valence-electron chi connectivity index (χ1n) is 5.28. The fraction of sp³-hybridized carbons (Fsp3) is 1.00. The van der Waals surface area contributed by atoms with Gasteiger partial charge in [0.1, 0.15) is 0 Å². The Balaban J connectivity index is 3.90. The van der Waals surface area contributed by atoms with E-state index in [1.807, 2.05) is 0 Å². The summed E-state index contributed by atoms with van der Waals surface area (Å²) in [6.45, 7) is 17.1. The Hall–Kier alpha value is 0.177. The van der Waals surface area contributed by atoms with Crippen LogP contribution >= 0.6 is 0 Å². The largest absolute Gasteiger partial charge is 0.379 e. The Bertz CT molecular complexity index is 145. The molecule has 0 amide bonds. The molecule has 0 aliphatic rings. The molecular formula is C11H26OSi. The summed E-state index contributed by atoms with van der Waals surface area (Å²) in [6, 6.07) is 1.27. The third-order valence-corrected chi connectivity index (χ3v) is 8.72. The molecule has 0 radical (unpaired) electrons. The van der Waals surface area contributed by atoms with Crippen LogP contribution in [0.3, 0.4) is 0 Å². The van der Waals surface area contributed by atoms with Crippen molar-refractivity contribution < 1.29 is 4.74 Å². The van der Waals surface area contributed by atoms with Crippen LogP contribution in [0.25, 0.3) is 0 Å². The molecular weight excluding hydrogens is 176 g/mol. The highest BCUT2D eigenvalue weighted by Gasteiger charge is 2.34. The molecule has 0 rings (SSSR count). The van der Waals surface area contributed by atoms with E-state index < -0.39 is 8.07 Å². The molecule has 0 saturated heterocycles. The van der Waals surface area contributed by atoms with Crippen LogP contribution in [0, 0.1) is 0 Å². The maximum Gasteiger partial charge on any atom is 0.0550 e. The summed E-state index contributed by atoms with van der Waals surface area (Å²) in [7, 11) is -1.10. The third kappa shape index (κ3) is 4.82. The van der Waals surface area contributed by atoms with E-state index in [4.69, 9.17) is 4.74 Å². The first-order chi connectivity index (χ1) is 5.67. The Kier molecular flexibility index (Phi) is 4.67. The maximum atomic E-state index is 5.61. The number of ether oxygens (including phenoxy) is 1. The molecule has 0 unspecified atom stereocenters. The van der Waals surface area contributed by atoms with Crippen molar-refractivity contribution in [3.8, 4) is 0 Å². The van der Waals surface area contributed by atoms with Crippen molar-refractivity contribution in [2.24, 2.45) is 0 Å². The monoisotopic (exact) mass is 202 g/mol. The van der Waals surface area contributed by atoms with Crippen molar-refractivity contribution in [3.05, 3.63) is 0 Å². The molecule has 0 N–H and O–H groups in total. The molecule has 0 bridgehead atoms. The lowest BCUT2D eigenvalue weighted by Crippen LogP contribution is -2.38. The minimum atomic E-state index is -1.10. The van der Waals surface area contributed by atoms with Crippen LogP contribution < -0.4 is 0 Å². The predicted molar refractivity (Wildman–Crippen MR) is 63.1 cm³/mol. The van der Waals surface area contributed by atoms with Gasteiger partial charge in [-0.3, -0.25) is 0 Å². The summed E-state index contributed by atoms with van der Waals surface area (Å²) in [4.78, 5) is 0. The Labute approximate surface area is 84.9 Å². The van der Waals surface area contributed by atoms with Crippen LogP contribution in [0.1, 0.15) is 34.6 Å². The van der Waals surface area contributed by atoms with Gasteiger partial charge in [0.15, 0.2) is 0 Å². The molecule has 0 aromatic carbocycles. The summed E-state index contributed by atoms with van der Waals surface area (Å²) in [5, 5.41) is 0.493. The maximum absolute atomic E-state index is 5.61. The van der Waals surface area contributed by atoms with E-state index in [0.29, 0.717) is 11.1 Å². The van der Waals surface area contributed by atoms with Crippen LogP contribution in [0.5, 0.6) is 0 Å². The first-order valence-corrected chi connectivity index (χ1v) is 8.49. The molecule has 0 aromatic rings. The van der Waals surface area contributed by atoms with E-state index in [1.54, 1.807) is 0 Å². The average molecular weight is 202 g/mol. The average Bonchev–Trinajstić information content (AvgIpc) is 1.82. The SMILES string of the molecule is CC(C)OCC[Si](C)(C)C(C)(C)C. The van der Waals surface area contributed by atoms with E-state index in [9.17, 15) is 0 Å². The van der Waals surface area contributed by atoms with Gasteiger partial charge in [-0.25, -0.2) is 0 Å². The second-order valence-electron chi connectivity index (χ2n) is 5.80. The zero-order valence-electron chi connectivity index (χ0n) is 10.4. The van der Waals surface area contributed by atoms with Gasteiger partial charge in [0, 0.05) is 6.61 Å². The minimum absolute atomic E-state index is 0.379. The highest BCUT2D eigenvalue weighted by atomic mass is 28.3. The van der Waals surface area contributed by atoms with Gasteiger partial charge in [-0.2, -0.15) is 0 Å². The molecule has 2 heteroatoms. The second kappa shape index (κ2) is 4.60. The van der Waals surface area contributed by atoms with Gasteiger partial charge in [0.25, 0.3) is 0 Å². The van der Waals surface area contributed by atoms with Crippen molar-refractivity contribution in [1.29, 1.82) is 0 Å². The quantitative estimate of drug-likeness (QED) is 0.628. The summed E-state index contributed by atoms with van der Waals surface area (Å²) in [5.74, 6) is 0. The zero-order chi connectivity index (χ0) is 10.7. The van der Waals surface area contributed by atoms with E-state index in [0.717, 1.165) is 6.61 Å². The van der Waals surface area contributed by atoms with Crippen LogP contribution in [-0.2, 0) is 4.74 Å². The molecule has 0 spiro atoms. The highest BCUT2D eigenvalue weighted by molar-refractivity contribution is 6.80. The fourth-order valence-corrected chi connectivity index (χ4v) is 2.30. The van der Waals surface area contributed by atoms with Crippen LogP contribution in [0.4, 0.5) is 0 Å². The number of rotatable bonds is 4. The van der Waals surface area contributed by atoms with E-state index in [1.165, 1.54) is 6.04 Å². The smallest absolute Gasteiger partial charge is 0.0550 e. The standard InChI is InChI=1S/C11H26OSi/c1-10(2)12-8-9-13(6,7)11(3,4)5/h10H,8-9H2,1-7H3. The molecule has 0 saturated carbocycles. The van der Waals surface area contributed by atoms with E-state index in [2.05, 4.69) is 47.7 Å². The lowest BCUT2D eigenvalue weighted by molar-refractivity contribution is 0.0889. The van der Waals surface area contributed by atoms with E-state index >= 15 is 0 Å². The molecule has 13 heavy (non-hydrogen) atoms. The lowest BCUT2D eigenvalue weighted by Gasteiger charge is -2.37. The lowest BCUT2D eigenvalue weighted by atomic mass is 10.2. The Morgan fingerprint density at radius 1 is 1.15 bits per heavy atom. The Morgan fingerprint density at radius 2 is 1.62 bits per heavy atom. The normalized spacial score (nSPS) is 13.8. The van der Waals surface area contributed by atoms with Gasteiger partial charge in [-0.15, -0.1) is 0 Å². The fourth-order valence-electron chi connectivity index (χ4n) is 0.925. The molecule has 0 aromatic heterocycles. The second-order valence-corrected chi connectivity index (χ2v) is 11.6. The topological polar surface area (TPSA) is 9.23 Å². The van der Waals surface area contributed by atoms with Crippen LogP contribution in [-0.4, -0.2) is 20.8 Å². The number of hydrogen-bond donors (Lipinski definition) is 0. The third-order valence-electron chi connectivity index (χ3n) is 3.21. The van der Waals surface area contributed by atoms with Crippen molar-refractivity contribution in [2.75, 3.05) is 6.61 Å². The predicted octanol–water partition coefficient (Wildman–Crippen LogP) is 3.92. The molecule has 0 aliphatic heterocycles. The molecule has 0 atom stereocenters. The van der Waals surface area contributed by atoms with Gasteiger partial charge in [-0.1, -0.05) is 33.9 Å². The van der Waals surface area contributed by atoms with Crippen molar-refractivity contribution in [3.63, 3.8) is 0 Å². The van der Waals surface area contributed by atoms with Gasteiger partial charge >= 0.3 is 0 Å². The number of hydrogen-bond acceptors (Lipinski definition) is 1. The van der Waals surface area contributed by atoms with Gasteiger partial charge < -0.3 is 4.74 Å². The summed E-state index contributed by atoms with van der Waals surface area (Å²) in [6.07, 6.45) is 0.379. The summed E-state index contributed by atoms with van der Waals surface area (Å²) in [5.41, 5.74) is 0. The van der Waals surface area contributed by atoms with Crippen LogP contribution in [0.2, 0.25) is 24.2 Å². The molecule has 1 nitrogen and oxygen atoms in total. The minimum Gasteiger partial charge on any atom is -0.379 e. The molecule has 0 aliphatic carbocycles. The highest BCUT2D eigenvalue weighted by Crippen LogP contribution is 2.38. The van der Waals surface area contributed by atoms with Gasteiger partial charge in [0.05, 0.1) is 14.2 Å². The Morgan fingerprint density at radius 3 is 1.92 bits per heavy atom. The van der Waals surface area contributed by atoms with Crippen molar-refractivity contribution >= 4 is 8.07 Å². The van der Waals surface area contributed by atoms with Crippen molar-refractivity contribution in [2.45, 2.75) is 64.9 Å². The summed E-state index contributed by atoms with van der Waals surface area (Å²) >= 11 is 0. The molecule has 80 valence electrons.